The van der Waals surface area contributed by atoms with E-state index in [0.29, 0.717) is 21.5 Å². The van der Waals surface area contributed by atoms with Gasteiger partial charge in [-0.25, -0.2) is 4.98 Å². The maximum Gasteiger partial charge on any atom is 0.279 e. The standard InChI is InChI=1S/C11H9BrN4O2S/c1-7-14-6-11(15-7)19(17,18)16-10-3-2-8(5-13)4-9(10)12/h2-4,6,16H,1H3,(H,14,15). The van der Waals surface area contributed by atoms with Crippen LogP contribution >= 0.6 is 15.9 Å². The fraction of sp³-hybridized carbons (Fsp3) is 0.0909. The first-order valence-corrected chi connectivity index (χ1v) is 7.44. The summed E-state index contributed by atoms with van der Waals surface area (Å²) in [6, 6.07) is 6.55. The molecule has 2 N–H and O–H groups in total. The zero-order valence-electron chi connectivity index (χ0n) is 9.81. The monoisotopic (exact) mass is 340 g/mol. The molecule has 0 unspecified atom stereocenters. The van der Waals surface area contributed by atoms with Crippen LogP contribution in [0.3, 0.4) is 0 Å². The van der Waals surface area contributed by atoms with Gasteiger partial charge in [0.2, 0.25) is 0 Å². The van der Waals surface area contributed by atoms with E-state index in [0.717, 1.165) is 0 Å². The Morgan fingerprint density at radius 2 is 2.21 bits per heavy atom. The summed E-state index contributed by atoms with van der Waals surface area (Å²) in [5.74, 6) is 0.513. The number of hydrogen-bond donors (Lipinski definition) is 2. The number of rotatable bonds is 3. The van der Waals surface area contributed by atoms with Crippen LogP contribution in [0.5, 0.6) is 0 Å². The van der Waals surface area contributed by atoms with E-state index in [4.69, 9.17) is 5.26 Å². The van der Waals surface area contributed by atoms with E-state index < -0.39 is 10.0 Å². The molecule has 98 valence electrons. The number of hydrogen-bond acceptors (Lipinski definition) is 4. The van der Waals surface area contributed by atoms with Crippen LogP contribution < -0.4 is 4.72 Å². The lowest BCUT2D eigenvalue weighted by atomic mass is 10.2. The predicted molar refractivity (Wildman–Crippen MR) is 73.0 cm³/mol. The normalized spacial score (nSPS) is 11.0. The van der Waals surface area contributed by atoms with Crippen molar-refractivity contribution in [2.45, 2.75) is 11.9 Å². The molecule has 1 heterocycles. The minimum atomic E-state index is -3.72. The minimum absolute atomic E-state index is 0.0127. The molecule has 2 aromatic rings. The summed E-state index contributed by atoms with van der Waals surface area (Å²) in [6.07, 6.45) is 1.25. The van der Waals surface area contributed by atoms with Crippen molar-refractivity contribution in [2.24, 2.45) is 0 Å². The highest BCUT2D eigenvalue weighted by atomic mass is 79.9. The number of anilines is 1. The van der Waals surface area contributed by atoms with E-state index in [1.807, 2.05) is 6.07 Å². The molecule has 1 aromatic carbocycles. The second-order valence-electron chi connectivity index (χ2n) is 3.74. The molecule has 6 nitrogen and oxygen atoms in total. The van der Waals surface area contributed by atoms with E-state index in [1.54, 1.807) is 6.92 Å². The van der Waals surface area contributed by atoms with Crippen LogP contribution in [0, 0.1) is 18.3 Å². The van der Waals surface area contributed by atoms with Crippen molar-refractivity contribution in [1.82, 2.24) is 9.97 Å². The van der Waals surface area contributed by atoms with Crippen LogP contribution in [-0.2, 0) is 10.0 Å². The number of H-pyrrole nitrogens is 1. The van der Waals surface area contributed by atoms with Crippen LogP contribution in [-0.4, -0.2) is 18.4 Å². The van der Waals surface area contributed by atoms with E-state index >= 15 is 0 Å². The fourth-order valence-electron chi connectivity index (χ4n) is 1.40. The summed E-state index contributed by atoms with van der Waals surface area (Å²) in [5, 5.41) is 8.73. The smallest absolute Gasteiger partial charge is 0.279 e. The second-order valence-corrected chi connectivity index (χ2v) is 6.25. The van der Waals surface area contributed by atoms with Gasteiger partial charge in [-0.05, 0) is 41.1 Å². The summed E-state index contributed by atoms with van der Waals surface area (Å²) < 4.78 is 27.0. The first kappa shape index (κ1) is 13.6. The molecule has 0 atom stereocenters. The third kappa shape index (κ3) is 2.94. The van der Waals surface area contributed by atoms with Crippen molar-refractivity contribution in [3.05, 3.63) is 40.3 Å². The number of benzene rings is 1. The van der Waals surface area contributed by atoms with Gasteiger partial charge >= 0.3 is 0 Å². The van der Waals surface area contributed by atoms with Gasteiger partial charge in [0.1, 0.15) is 5.82 Å². The zero-order chi connectivity index (χ0) is 14.0. The number of imidazole rings is 1. The quantitative estimate of drug-likeness (QED) is 0.894. The Morgan fingerprint density at radius 3 is 2.74 bits per heavy atom. The van der Waals surface area contributed by atoms with Crippen LogP contribution in [0.4, 0.5) is 5.69 Å². The maximum absolute atomic E-state index is 12.1. The number of aromatic nitrogens is 2. The maximum atomic E-state index is 12.1. The Hall–Kier alpha value is -1.85. The van der Waals surface area contributed by atoms with Crippen LogP contribution in [0.1, 0.15) is 11.4 Å². The lowest BCUT2D eigenvalue weighted by molar-refractivity contribution is 0.598. The molecule has 19 heavy (non-hydrogen) atoms. The minimum Gasteiger partial charge on any atom is -0.332 e. The number of halogens is 1. The van der Waals surface area contributed by atoms with Crippen LogP contribution in [0.2, 0.25) is 0 Å². The zero-order valence-corrected chi connectivity index (χ0v) is 12.2. The molecule has 0 saturated carbocycles. The molecule has 0 aliphatic rings. The number of nitrogens with one attached hydrogen (secondary N) is 2. The number of aromatic amines is 1. The summed E-state index contributed by atoms with van der Waals surface area (Å²) in [4.78, 5) is 6.49. The topological polar surface area (TPSA) is 98.6 Å². The average molecular weight is 341 g/mol. The van der Waals surface area contributed by atoms with E-state index in [9.17, 15) is 8.42 Å². The van der Waals surface area contributed by atoms with E-state index in [1.165, 1.54) is 24.4 Å². The van der Waals surface area contributed by atoms with Crippen molar-refractivity contribution in [3.63, 3.8) is 0 Å². The van der Waals surface area contributed by atoms with E-state index in [2.05, 4.69) is 30.6 Å². The van der Waals surface area contributed by atoms with E-state index in [-0.39, 0.29) is 5.03 Å². The van der Waals surface area contributed by atoms with Gasteiger partial charge in [0.15, 0.2) is 5.03 Å². The van der Waals surface area contributed by atoms with Crippen LogP contribution in [0.25, 0.3) is 0 Å². The Kier molecular flexibility index (Phi) is 3.59. The lowest BCUT2D eigenvalue weighted by Crippen LogP contribution is -2.13. The van der Waals surface area contributed by atoms with Gasteiger partial charge in [-0.2, -0.15) is 13.7 Å². The highest BCUT2D eigenvalue weighted by Crippen LogP contribution is 2.25. The molecule has 0 spiro atoms. The summed E-state index contributed by atoms with van der Waals surface area (Å²) >= 11 is 3.21. The first-order chi connectivity index (χ1) is 8.92. The number of aryl methyl sites for hydroxylation is 1. The van der Waals surface area contributed by atoms with Crippen molar-refractivity contribution < 1.29 is 8.42 Å². The lowest BCUT2D eigenvalue weighted by Gasteiger charge is -2.08. The molecule has 2 rings (SSSR count). The average Bonchev–Trinajstić information content (AvgIpc) is 2.79. The van der Waals surface area contributed by atoms with Gasteiger partial charge in [0, 0.05) is 4.47 Å². The Balaban J connectivity index is 2.34. The fourth-order valence-corrected chi connectivity index (χ4v) is 3.06. The molecule has 0 aliphatic carbocycles. The highest BCUT2D eigenvalue weighted by Gasteiger charge is 2.17. The van der Waals surface area contributed by atoms with Crippen LogP contribution in [0.15, 0.2) is 33.9 Å². The van der Waals surface area contributed by atoms with Gasteiger partial charge in [-0.1, -0.05) is 0 Å². The molecule has 0 saturated heterocycles. The Labute approximate surface area is 118 Å². The SMILES string of the molecule is Cc1ncc(S(=O)(=O)Nc2ccc(C#N)cc2Br)[nH]1. The summed E-state index contributed by atoms with van der Waals surface area (Å²) in [6.45, 7) is 1.66. The molecule has 0 aliphatic heterocycles. The number of nitriles is 1. The molecule has 0 amide bonds. The third-order valence-corrected chi connectivity index (χ3v) is 4.24. The number of sulfonamides is 1. The molecule has 0 bridgehead atoms. The van der Waals surface area contributed by atoms with Gasteiger partial charge in [0.25, 0.3) is 10.0 Å². The van der Waals surface area contributed by atoms with Crippen molar-refractivity contribution in [2.75, 3.05) is 4.72 Å². The summed E-state index contributed by atoms with van der Waals surface area (Å²) in [5.41, 5.74) is 0.790. The Morgan fingerprint density at radius 1 is 1.47 bits per heavy atom. The molecule has 1 aromatic heterocycles. The Bertz CT molecular complexity index is 761. The largest absolute Gasteiger partial charge is 0.332 e. The molecular weight excluding hydrogens is 332 g/mol. The molecule has 0 fully saturated rings. The van der Waals surface area contributed by atoms with Gasteiger partial charge in [-0.3, -0.25) is 4.72 Å². The number of nitrogens with zero attached hydrogens (tertiary/aromatic N) is 2. The van der Waals surface area contributed by atoms with Gasteiger partial charge < -0.3 is 4.98 Å². The predicted octanol–water partition coefficient (Wildman–Crippen LogP) is 2.15. The molecule has 8 heteroatoms. The second kappa shape index (κ2) is 5.03. The van der Waals surface area contributed by atoms with Crippen molar-refractivity contribution in [1.29, 1.82) is 5.26 Å². The van der Waals surface area contributed by atoms with Crippen molar-refractivity contribution in [3.8, 4) is 6.07 Å². The van der Waals surface area contributed by atoms with Gasteiger partial charge in [-0.15, -0.1) is 0 Å². The summed E-state index contributed by atoms with van der Waals surface area (Å²) in [7, 11) is -3.72. The molecular formula is C11H9BrN4O2S. The van der Waals surface area contributed by atoms with Gasteiger partial charge in [0.05, 0.1) is 23.5 Å². The van der Waals surface area contributed by atoms with Crippen molar-refractivity contribution >= 4 is 31.6 Å². The molecule has 0 radical (unpaired) electrons. The highest BCUT2D eigenvalue weighted by molar-refractivity contribution is 9.10. The first-order valence-electron chi connectivity index (χ1n) is 5.16. The third-order valence-electron chi connectivity index (χ3n) is 2.31.